The Labute approximate surface area is 181 Å². The summed E-state index contributed by atoms with van der Waals surface area (Å²) < 4.78 is 21.4. The van der Waals surface area contributed by atoms with E-state index in [0.29, 0.717) is 51.6 Å². The van der Waals surface area contributed by atoms with Gasteiger partial charge in [-0.2, -0.15) is 5.26 Å². The molecule has 0 aliphatic carbocycles. The number of anilines is 4. The SMILES string of the molecule is COc1ccc(Nc2cc(C)c(C#N)c(Nc3ccc(OC)cc3OC)n2)c(OC)c1. The third-order valence-electron chi connectivity index (χ3n) is 4.66. The average Bonchev–Trinajstić information content (AvgIpc) is 2.79. The second-order valence-electron chi connectivity index (χ2n) is 6.54. The zero-order valence-corrected chi connectivity index (χ0v) is 18.1. The second kappa shape index (κ2) is 9.59. The summed E-state index contributed by atoms with van der Waals surface area (Å²) >= 11 is 0. The third-order valence-corrected chi connectivity index (χ3v) is 4.66. The maximum atomic E-state index is 9.67. The van der Waals surface area contributed by atoms with Crippen molar-refractivity contribution in [3.8, 4) is 29.1 Å². The summed E-state index contributed by atoms with van der Waals surface area (Å²) in [6.07, 6.45) is 0. The summed E-state index contributed by atoms with van der Waals surface area (Å²) in [6, 6.07) is 14.8. The fourth-order valence-electron chi connectivity index (χ4n) is 3.04. The van der Waals surface area contributed by atoms with Crippen molar-refractivity contribution in [1.29, 1.82) is 5.26 Å². The van der Waals surface area contributed by atoms with Crippen molar-refractivity contribution in [2.45, 2.75) is 6.92 Å². The van der Waals surface area contributed by atoms with Crippen molar-refractivity contribution < 1.29 is 18.9 Å². The summed E-state index contributed by atoms with van der Waals surface area (Å²) in [6.45, 7) is 1.85. The molecule has 0 amide bonds. The summed E-state index contributed by atoms with van der Waals surface area (Å²) in [5.41, 5.74) is 2.58. The average molecular weight is 420 g/mol. The molecule has 0 fully saturated rings. The smallest absolute Gasteiger partial charge is 0.151 e. The summed E-state index contributed by atoms with van der Waals surface area (Å²) in [4.78, 5) is 4.61. The number of nitrogens with zero attached hydrogens (tertiary/aromatic N) is 2. The van der Waals surface area contributed by atoms with E-state index < -0.39 is 0 Å². The molecular weight excluding hydrogens is 396 g/mol. The van der Waals surface area contributed by atoms with Gasteiger partial charge in [-0.1, -0.05) is 0 Å². The first-order valence-electron chi connectivity index (χ1n) is 9.42. The highest BCUT2D eigenvalue weighted by Crippen LogP contribution is 2.35. The Hall–Kier alpha value is -4.12. The number of hydrogen-bond acceptors (Lipinski definition) is 8. The van der Waals surface area contributed by atoms with Crippen molar-refractivity contribution in [3.63, 3.8) is 0 Å². The Balaban J connectivity index is 1.99. The Kier molecular flexibility index (Phi) is 6.67. The molecule has 0 spiro atoms. The van der Waals surface area contributed by atoms with Gasteiger partial charge in [0.2, 0.25) is 0 Å². The highest BCUT2D eigenvalue weighted by Gasteiger charge is 2.14. The van der Waals surface area contributed by atoms with Gasteiger partial charge in [-0.25, -0.2) is 4.98 Å². The van der Waals surface area contributed by atoms with Gasteiger partial charge in [0, 0.05) is 12.1 Å². The van der Waals surface area contributed by atoms with Crippen molar-refractivity contribution >= 4 is 23.0 Å². The standard InChI is InChI=1S/C23H24N4O4/c1-14-10-22(25-18-8-6-15(28-2)11-20(18)30-4)27-23(17(14)13-24)26-19-9-7-16(29-3)12-21(19)31-5/h6-12H,1-5H3,(H2,25,26,27). The van der Waals surface area contributed by atoms with Crippen LogP contribution in [0.2, 0.25) is 0 Å². The number of nitriles is 1. The Morgan fingerprint density at radius 1 is 0.774 bits per heavy atom. The molecule has 0 saturated heterocycles. The summed E-state index contributed by atoms with van der Waals surface area (Å²) in [5.74, 6) is 3.47. The van der Waals surface area contributed by atoms with Gasteiger partial charge >= 0.3 is 0 Å². The van der Waals surface area contributed by atoms with Gasteiger partial charge in [0.1, 0.15) is 34.9 Å². The van der Waals surface area contributed by atoms with E-state index in [1.54, 1.807) is 52.7 Å². The maximum Gasteiger partial charge on any atom is 0.151 e. The lowest BCUT2D eigenvalue weighted by atomic mass is 10.1. The molecule has 0 radical (unpaired) electrons. The van der Waals surface area contributed by atoms with Gasteiger partial charge in [0.25, 0.3) is 0 Å². The highest BCUT2D eigenvalue weighted by molar-refractivity contribution is 5.74. The zero-order chi connectivity index (χ0) is 22.4. The molecule has 3 aromatic rings. The lowest BCUT2D eigenvalue weighted by Gasteiger charge is -2.16. The molecule has 0 atom stereocenters. The van der Waals surface area contributed by atoms with E-state index in [1.807, 2.05) is 25.1 Å². The minimum absolute atomic E-state index is 0.404. The minimum atomic E-state index is 0.404. The molecular formula is C23H24N4O4. The second-order valence-corrected chi connectivity index (χ2v) is 6.54. The first-order valence-corrected chi connectivity index (χ1v) is 9.42. The van der Waals surface area contributed by atoms with Gasteiger partial charge < -0.3 is 29.6 Å². The van der Waals surface area contributed by atoms with Crippen LogP contribution >= 0.6 is 0 Å². The number of pyridine rings is 1. The molecule has 0 aliphatic heterocycles. The van der Waals surface area contributed by atoms with Crippen molar-refractivity contribution in [2.24, 2.45) is 0 Å². The monoisotopic (exact) mass is 420 g/mol. The number of aromatic nitrogens is 1. The number of aryl methyl sites for hydroxylation is 1. The van der Waals surface area contributed by atoms with Crippen LogP contribution in [0.4, 0.5) is 23.0 Å². The third kappa shape index (κ3) is 4.73. The number of hydrogen-bond donors (Lipinski definition) is 2. The molecule has 2 aromatic carbocycles. The largest absolute Gasteiger partial charge is 0.497 e. The van der Waals surface area contributed by atoms with Crippen molar-refractivity contribution in [1.82, 2.24) is 4.98 Å². The molecule has 0 bridgehead atoms. The molecule has 0 unspecified atom stereocenters. The van der Waals surface area contributed by atoms with E-state index in [4.69, 9.17) is 18.9 Å². The van der Waals surface area contributed by atoms with E-state index in [-0.39, 0.29) is 0 Å². The molecule has 3 rings (SSSR count). The number of ether oxygens (including phenoxy) is 4. The van der Waals surface area contributed by atoms with Gasteiger partial charge in [0.15, 0.2) is 5.82 Å². The normalized spacial score (nSPS) is 10.1. The van der Waals surface area contributed by atoms with Crippen molar-refractivity contribution in [3.05, 3.63) is 53.6 Å². The van der Waals surface area contributed by atoms with E-state index in [9.17, 15) is 5.26 Å². The fraction of sp³-hybridized carbons (Fsp3) is 0.217. The fourth-order valence-corrected chi connectivity index (χ4v) is 3.04. The lowest BCUT2D eigenvalue weighted by molar-refractivity contribution is 0.395. The van der Waals surface area contributed by atoms with E-state index in [2.05, 4.69) is 21.7 Å². The number of nitrogens with one attached hydrogen (secondary N) is 2. The van der Waals surface area contributed by atoms with Crippen molar-refractivity contribution in [2.75, 3.05) is 39.1 Å². The van der Waals surface area contributed by atoms with E-state index in [0.717, 1.165) is 5.56 Å². The first kappa shape index (κ1) is 21.6. The first-order chi connectivity index (χ1) is 15.0. The predicted octanol–water partition coefficient (Wildman–Crippen LogP) is 4.78. The number of rotatable bonds is 8. The Morgan fingerprint density at radius 3 is 1.81 bits per heavy atom. The molecule has 8 heteroatoms. The zero-order valence-electron chi connectivity index (χ0n) is 18.1. The minimum Gasteiger partial charge on any atom is -0.497 e. The molecule has 0 saturated carbocycles. The van der Waals surface area contributed by atoms with Crippen LogP contribution in [0.3, 0.4) is 0 Å². The molecule has 1 heterocycles. The maximum absolute atomic E-state index is 9.67. The van der Waals surface area contributed by atoms with Gasteiger partial charge in [-0.3, -0.25) is 0 Å². The summed E-state index contributed by atoms with van der Waals surface area (Å²) in [5, 5.41) is 16.1. The van der Waals surface area contributed by atoms with Crippen LogP contribution in [0.5, 0.6) is 23.0 Å². The van der Waals surface area contributed by atoms with Gasteiger partial charge in [0.05, 0.1) is 45.4 Å². The van der Waals surface area contributed by atoms with E-state index in [1.165, 1.54) is 0 Å². The number of methoxy groups -OCH3 is 4. The quantitative estimate of drug-likeness (QED) is 0.537. The molecule has 160 valence electrons. The molecule has 2 N–H and O–H groups in total. The Bertz CT molecular complexity index is 1130. The number of benzene rings is 2. The van der Waals surface area contributed by atoms with Crippen LogP contribution < -0.4 is 29.6 Å². The van der Waals surface area contributed by atoms with Crippen LogP contribution in [0.25, 0.3) is 0 Å². The summed E-state index contributed by atoms with van der Waals surface area (Å²) in [7, 11) is 6.33. The van der Waals surface area contributed by atoms with Crippen LogP contribution in [0.15, 0.2) is 42.5 Å². The van der Waals surface area contributed by atoms with Crippen LogP contribution in [0.1, 0.15) is 11.1 Å². The topological polar surface area (TPSA) is 97.7 Å². The molecule has 0 aliphatic rings. The van der Waals surface area contributed by atoms with Crippen LogP contribution in [-0.2, 0) is 0 Å². The highest BCUT2D eigenvalue weighted by atomic mass is 16.5. The van der Waals surface area contributed by atoms with Gasteiger partial charge in [-0.15, -0.1) is 0 Å². The molecule has 8 nitrogen and oxygen atoms in total. The Morgan fingerprint density at radius 2 is 1.32 bits per heavy atom. The molecule has 31 heavy (non-hydrogen) atoms. The molecule has 1 aromatic heterocycles. The van der Waals surface area contributed by atoms with E-state index >= 15 is 0 Å². The van der Waals surface area contributed by atoms with Crippen LogP contribution in [-0.4, -0.2) is 33.4 Å². The van der Waals surface area contributed by atoms with Crippen LogP contribution in [0, 0.1) is 18.3 Å². The lowest BCUT2D eigenvalue weighted by Crippen LogP contribution is -2.04. The predicted molar refractivity (Wildman–Crippen MR) is 119 cm³/mol. The van der Waals surface area contributed by atoms with Gasteiger partial charge in [-0.05, 0) is 42.8 Å².